The Morgan fingerprint density at radius 3 is 2.90 bits per heavy atom. The molecule has 1 aliphatic rings. The molecule has 3 rings (SSSR count). The summed E-state index contributed by atoms with van der Waals surface area (Å²) in [5.74, 6) is 1.92. The molecule has 2 aromatic carbocycles. The molecule has 0 fully saturated rings. The Labute approximate surface area is 199 Å². The van der Waals surface area contributed by atoms with Crippen molar-refractivity contribution >= 4 is 29.9 Å². The average molecular weight is 541 g/mol. The Balaban J connectivity index is 0.00000341. The van der Waals surface area contributed by atoms with E-state index in [0.29, 0.717) is 38.7 Å². The second-order valence-electron chi connectivity index (χ2n) is 6.74. The molecule has 0 radical (unpaired) electrons. The Morgan fingerprint density at radius 1 is 1.26 bits per heavy atom. The number of aliphatic imine (C=N–C) groups is 1. The van der Waals surface area contributed by atoms with Gasteiger partial charge in [-0.25, -0.2) is 9.38 Å². The van der Waals surface area contributed by atoms with Crippen LogP contribution in [0.5, 0.6) is 11.5 Å². The number of benzene rings is 2. The van der Waals surface area contributed by atoms with Gasteiger partial charge in [0.25, 0.3) is 0 Å². The van der Waals surface area contributed by atoms with E-state index in [4.69, 9.17) is 14.2 Å². The summed E-state index contributed by atoms with van der Waals surface area (Å²) < 4.78 is 30.4. The highest BCUT2D eigenvalue weighted by molar-refractivity contribution is 14.0. The lowest BCUT2D eigenvalue weighted by Crippen LogP contribution is -2.38. The summed E-state index contributed by atoms with van der Waals surface area (Å²) in [5, 5.41) is 6.53. The van der Waals surface area contributed by atoms with Crippen molar-refractivity contribution in [2.75, 3.05) is 26.5 Å². The highest BCUT2D eigenvalue weighted by Gasteiger charge is 2.16. The lowest BCUT2D eigenvalue weighted by atomic mass is 10.1. The molecule has 0 atom stereocenters. The summed E-state index contributed by atoms with van der Waals surface area (Å²) in [7, 11) is 0. The van der Waals surface area contributed by atoms with Gasteiger partial charge >= 0.3 is 0 Å². The third kappa shape index (κ3) is 7.39. The number of guanidine groups is 1. The van der Waals surface area contributed by atoms with Gasteiger partial charge in [-0.2, -0.15) is 0 Å². The summed E-state index contributed by atoms with van der Waals surface area (Å²) in [6.45, 7) is 8.48. The van der Waals surface area contributed by atoms with Crippen LogP contribution < -0.4 is 20.1 Å². The van der Waals surface area contributed by atoms with Crippen LogP contribution in [-0.4, -0.2) is 32.4 Å². The summed E-state index contributed by atoms with van der Waals surface area (Å²) >= 11 is 0. The highest BCUT2D eigenvalue weighted by Crippen LogP contribution is 2.29. The zero-order valence-electron chi connectivity index (χ0n) is 17.7. The minimum Gasteiger partial charge on any atom is -0.489 e. The molecule has 2 N–H and O–H groups in total. The largest absolute Gasteiger partial charge is 0.489 e. The third-order valence-corrected chi connectivity index (χ3v) is 4.52. The zero-order chi connectivity index (χ0) is 21.2. The monoisotopic (exact) mass is 541 g/mol. The predicted molar refractivity (Wildman–Crippen MR) is 131 cm³/mol. The van der Waals surface area contributed by atoms with E-state index in [2.05, 4.69) is 22.2 Å². The average Bonchev–Trinajstić information content (AvgIpc) is 2.76. The maximum absolute atomic E-state index is 13.9. The molecule has 2 aromatic rings. The van der Waals surface area contributed by atoms with E-state index >= 15 is 0 Å². The number of halogens is 2. The Hall–Kier alpha value is -2.33. The third-order valence-electron chi connectivity index (χ3n) is 4.52. The summed E-state index contributed by atoms with van der Waals surface area (Å²) in [6.07, 6.45) is 2.32. The standard InChI is InChI=1S/C23H28FN3O3.HI/c1-3-11-29-21-8-6-5-7-18(21)14-27-23(25-4-2)26-10-9-17-12-20(24)13-19-15-28-16-30-22(17)19;/h3,5-8,12-13H,1,4,9-11,14-16H2,2H3,(H2,25,26,27);1H. The van der Waals surface area contributed by atoms with E-state index in [-0.39, 0.29) is 36.6 Å². The van der Waals surface area contributed by atoms with Gasteiger partial charge in [-0.15, -0.1) is 24.0 Å². The van der Waals surface area contributed by atoms with Gasteiger partial charge in [0.15, 0.2) is 12.8 Å². The normalized spacial score (nSPS) is 12.8. The van der Waals surface area contributed by atoms with Crippen LogP contribution in [-0.2, 0) is 24.3 Å². The van der Waals surface area contributed by atoms with Crippen molar-refractivity contribution in [3.63, 3.8) is 0 Å². The first-order valence-electron chi connectivity index (χ1n) is 10.1. The molecule has 6 nitrogen and oxygen atoms in total. The van der Waals surface area contributed by atoms with Gasteiger partial charge in [-0.1, -0.05) is 30.9 Å². The minimum atomic E-state index is -0.283. The molecular weight excluding hydrogens is 512 g/mol. The second kappa shape index (κ2) is 13.2. The van der Waals surface area contributed by atoms with E-state index in [1.54, 1.807) is 6.08 Å². The van der Waals surface area contributed by atoms with Crippen LogP contribution in [0.1, 0.15) is 23.6 Å². The Bertz CT molecular complexity index is 892. The molecule has 0 aliphatic carbocycles. The quantitative estimate of drug-likeness (QED) is 0.216. The van der Waals surface area contributed by atoms with Crippen LogP contribution in [0.4, 0.5) is 4.39 Å². The first-order valence-corrected chi connectivity index (χ1v) is 10.1. The SMILES string of the molecule is C=CCOc1ccccc1CN=C(NCC)NCCc1cc(F)cc2c1OCOC2.I. The second-order valence-corrected chi connectivity index (χ2v) is 6.74. The molecule has 0 saturated heterocycles. The summed E-state index contributed by atoms with van der Waals surface area (Å²) in [6, 6.07) is 10.8. The number of rotatable bonds is 9. The first kappa shape index (κ1) is 24.9. The fourth-order valence-corrected chi connectivity index (χ4v) is 3.19. The summed E-state index contributed by atoms with van der Waals surface area (Å²) in [5.41, 5.74) is 2.55. The van der Waals surface area contributed by atoms with Crippen LogP contribution in [0.15, 0.2) is 54.0 Å². The molecule has 0 unspecified atom stereocenters. The molecule has 0 aromatic heterocycles. The molecule has 0 bridgehead atoms. The highest BCUT2D eigenvalue weighted by atomic mass is 127. The van der Waals surface area contributed by atoms with E-state index in [1.165, 1.54) is 12.1 Å². The van der Waals surface area contributed by atoms with Crippen LogP contribution in [0.25, 0.3) is 0 Å². The van der Waals surface area contributed by atoms with Gasteiger partial charge in [0.05, 0.1) is 13.2 Å². The molecule has 31 heavy (non-hydrogen) atoms. The number of hydrogen-bond donors (Lipinski definition) is 2. The van der Waals surface area contributed by atoms with Crippen molar-refractivity contribution in [1.82, 2.24) is 10.6 Å². The van der Waals surface area contributed by atoms with E-state index in [1.807, 2.05) is 31.2 Å². The number of fused-ring (bicyclic) bond motifs is 1. The molecule has 0 amide bonds. The van der Waals surface area contributed by atoms with Gasteiger partial charge in [-0.05, 0) is 37.1 Å². The van der Waals surface area contributed by atoms with Crippen LogP contribution in [0, 0.1) is 5.82 Å². The van der Waals surface area contributed by atoms with Crippen molar-refractivity contribution in [3.8, 4) is 11.5 Å². The van der Waals surface area contributed by atoms with Gasteiger partial charge in [0.1, 0.15) is 23.9 Å². The van der Waals surface area contributed by atoms with Gasteiger partial charge in [0, 0.05) is 24.2 Å². The van der Waals surface area contributed by atoms with Gasteiger partial charge in [-0.3, -0.25) is 0 Å². The minimum absolute atomic E-state index is 0. The van der Waals surface area contributed by atoms with Crippen LogP contribution >= 0.6 is 24.0 Å². The number of ether oxygens (including phenoxy) is 3. The number of hydrogen-bond acceptors (Lipinski definition) is 4. The van der Waals surface area contributed by atoms with Crippen LogP contribution in [0.3, 0.4) is 0 Å². The summed E-state index contributed by atoms with van der Waals surface area (Å²) in [4.78, 5) is 4.65. The van der Waals surface area contributed by atoms with Crippen LogP contribution in [0.2, 0.25) is 0 Å². The number of nitrogens with one attached hydrogen (secondary N) is 2. The smallest absolute Gasteiger partial charge is 0.191 e. The lowest BCUT2D eigenvalue weighted by Gasteiger charge is -2.21. The predicted octanol–water partition coefficient (Wildman–Crippen LogP) is 4.17. The number of para-hydroxylation sites is 1. The van der Waals surface area contributed by atoms with Gasteiger partial charge < -0.3 is 24.8 Å². The fourth-order valence-electron chi connectivity index (χ4n) is 3.19. The van der Waals surface area contributed by atoms with E-state index in [9.17, 15) is 4.39 Å². The molecule has 168 valence electrons. The molecule has 1 heterocycles. The Kier molecular flexibility index (Phi) is 10.6. The molecule has 8 heteroatoms. The van der Waals surface area contributed by atoms with Crippen molar-refractivity contribution < 1.29 is 18.6 Å². The van der Waals surface area contributed by atoms with Crippen molar-refractivity contribution in [3.05, 3.63) is 71.6 Å². The van der Waals surface area contributed by atoms with E-state index in [0.717, 1.165) is 34.7 Å². The van der Waals surface area contributed by atoms with Gasteiger partial charge in [0.2, 0.25) is 0 Å². The maximum atomic E-state index is 13.9. The van der Waals surface area contributed by atoms with E-state index < -0.39 is 0 Å². The number of nitrogens with zero attached hydrogens (tertiary/aromatic N) is 1. The topological polar surface area (TPSA) is 64.1 Å². The van der Waals surface area contributed by atoms with Crippen molar-refractivity contribution in [1.29, 1.82) is 0 Å². The molecule has 0 spiro atoms. The van der Waals surface area contributed by atoms with Crippen molar-refractivity contribution in [2.45, 2.75) is 26.5 Å². The first-order chi connectivity index (χ1) is 14.7. The zero-order valence-corrected chi connectivity index (χ0v) is 20.0. The Morgan fingerprint density at radius 2 is 2.10 bits per heavy atom. The molecule has 0 saturated carbocycles. The molecule has 1 aliphatic heterocycles. The fraction of sp³-hybridized carbons (Fsp3) is 0.348. The maximum Gasteiger partial charge on any atom is 0.191 e. The van der Waals surface area contributed by atoms with Crippen molar-refractivity contribution in [2.24, 2.45) is 4.99 Å². The lowest BCUT2D eigenvalue weighted by molar-refractivity contribution is -0.0172. The molecular formula is C23H29FIN3O3.